The summed E-state index contributed by atoms with van der Waals surface area (Å²) in [5, 5.41) is 3.84. The van der Waals surface area contributed by atoms with Crippen LogP contribution in [0.5, 0.6) is 0 Å². The van der Waals surface area contributed by atoms with E-state index in [1.54, 1.807) is 0 Å². The zero-order valence-corrected chi connectivity index (χ0v) is 12.0. The first-order valence-electron chi connectivity index (χ1n) is 7.20. The maximum absolute atomic E-state index is 3.84. The average Bonchev–Trinajstić information content (AvgIpc) is 2.26. The molecule has 16 heavy (non-hydrogen) atoms. The van der Waals surface area contributed by atoms with E-state index in [1.807, 2.05) is 0 Å². The normalized spacial score (nSPS) is 27.4. The van der Waals surface area contributed by atoms with Gasteiger partial charge in [-0.15, -0.1) is 0 Å². The summed E-state index contributed by atoms with van der Waals surface area (Å²) >= 11 is 0. The summed E-state index contributed by atoms with van der Waals surface area (Å²) in [6.45, 7) is 13.0. The molecular formula is C15H31N. The van der Waals surface area contributed by atoms with Crippen LogP contribution in [0.4, 0.5) is 0 Å². The molecule has 1 aliphatic rings. The van der Waals surface area contributed by atoms with Gasteiger partial charge < -0.3 is 5.32 Å². The van der Waals surface area contributed by atoms with Gasteiger partial charge in [-0.25, -0.2) is 0 Å². The van der Waals surface area contributed by atoms with Crippen LogP contribution < -0.4 is 5.32 Å². The molecule has 2 unspecified atom stereocenters. The number of nitrogens with one attached hydrogen (secondary N) is 1. The molecular weight excluding hydrogens is 194 g/mol. The van der Waals surface area contributed by atoms with Crippen molar-refractivity contribution in [2.75, 3.05) is 6.54 Å². The van der Waals surface area contributed by atoms with Crippen LogP contribution in [0.3, 0.4) is 0 Å². The number of hydrogen-bond acceptors (Lipinski definition) is 1. The van der Waals surface area contributed by atoms with E-state index in [0.29, 0.717) is 5.41 Å². The van der Waals surface area contributed by atoms with Crippen LogP contribution in [0.25, 0.3) is 0 Å². The summed E-state index contributed by atoms with van der Waals surface area (Å²) in [5.41, 5.74) is 0.426. The molecule has 0 amide bonds. The van der Waals surface area contributed by atoms with Crippen LogP contribution >= 0.6 is 0 Å². The minimum Gasteiger partial charge on any atom is -0.313 e. The van der Waals surface area contributed by atoms with Gasteiger partial charge in [-0.1, -0.05) is 53.9 Å². The highest BCUT2D eigenvalue weighted by atomic mass is 14.9. The van der Waals surface area contributed by atoms with Gasteiger partial charge in [0, 0.05) is 12.6 Å². The second-order valence-electron chi connectivity index (χ2n) is 6.58. The van der Waals surface area contributed by atoms with Gasteiger partial charge >= 0.3 is 0 Å². The van der Waals surface area contributed by atoms with Crippen molar-refractivity contribution in [3.8, 4) is 0 Å². The molecule has 0 heterocycles. The first kappa shape index (κ1) is 14.0. The Bertz CT molecular complexity index is 196. The van der Waals surface area contributed by atoms with Crippen LogP contribution in [-0.4, -0.2) is 12.6 Å². The van der Waals surface area contributed by atoms with E-state index < -0.39 is 0 Å². The molecule has 2 atom stereocenters. The summed E-state index contributed by atoms with van der Waals surface area (Å²) in [6, 6.07) is 0.789. The highest BCUT2D eigenvalue weighted by molar-refractivity contribution is 4.83. The van der Waals surface area contributed by atoms with Gasteiger partial charge in [0.15, 0.2) is 0 Å². The summed E-state index contributed by atoms with van der Waals surface area (Å²) in [5.74, 6) is 1.68. The number of rotatable bonds is 5. The highest BCUT2D eigenvalue weighted by Crippen LogP contribution is 2.29. The van der Waals surface area contributed by atoms with Crippen molar-refractivity contribution in [2.45, 2.75) is 72.8 Å². The third kappa shape index (κ3) is 3.76. The fourth-order valence-electron chi connectivity index (χ4n) is 2.56. The summed E-state index contributed by atoms with van der Waals surface area (Å²) < 4.78 is 0. The smallest absolute Gasteiger partial charge is 0.00954 e. The van der Waals surface area contributed by atoms with Crippen molar-refractivity contribution in [1.29, 1.82) is 0 Å². The summed E-state index contributed by atoms with van der Waals surface area (Å²) in [7, 11) is 0. The molecule has 0 aliphatic heterocycles. The lowest BCUT2D eigenvalue weighted by molar-refractivity contribution is 0.188. The quantitative estimate of drug-likeness (QED) is 0.738. The maximum Gasteiger partial charge on any atom is 0.00954 e. The molecule has 1 N–H and O–H groups in total. The molecule has 0 spiro atoms. The molecule has 1 rings (SSSR count). The van der Waals surface area contributed by atoms with Crippen molar-refractivity contribution >= 4 is 0 Å². The van der Waals surface area contributed by atoms with Crippen LogP contribution in [0.1, 0.15) is 66.7 Å². The Balaban J connectivity index is 2.40. The van der Waals surface area contributed by atoms with Gasteiger partial charge in [0.25, 0.3) is 0 Å². The van der Waals surface area contributed by atoms with Crippen molar-refractivity contribution in [2.24, 2.45) is 17.3 Å². The molecule has 96 valence electrons. The van der Waals surface area contributed by atoms with Gasteiger partial charge in [-0.3, -0.25) is 0 Å². The van der Waals surface area contributed by atoms with E-state index in [1.165, 1.54) is 38.6 Å². The van der Waals surface area contributed by atoms with Crippen molar-refractivity contribution in [3.63, 3.8) is 0 Å². The van der Waals surface area contributed by atoms with Crippen LogP contribution in [0, 0.1) is 17.3 Å². The van der Waals surface area contributed by atoms with Crippen molar-refractivity contribution < 1.29 is 0 Å². The molecule has 0 bridgehead atoms. The van der Waals surface area contributed by atoms with Gasteiger partial charge in [0.05, 0.1) is 0 Å². The molecule has 0 aromatic heterocycles. The summed E-state index contributed by atoms with van der Waals surface area (Å²) in [6.07, 6.45) is 7.06. The van der Waals surface area contributed by atoms with Gasteiger partial charge in [-0.05, 0) is 30.1 Å². The molecule has 0 aromatic carbocycles. The van der Waals surface area contributed by atoms with E-state index in [-0.39, 0.29) is 0 Å². The molecule has 1 nitrogen and oxygen atoms in total. The van der Waals surface area contributed by atoms with E-state index in [2.05, 4.69) is 39.9 Å². The van der Waals surface area contributed by atoms with E-state index in [0.717, 1.165) is 17.9 Å². The minimum absolute atomic E-state index is 0.426. The topological polar surface area (TPSA) is 12.0 Å². The lowest BCUT2D eigenvalue weighted by atomic mass is 9.79. The number of hydrogen-bond donors (Lipinski definition) is 1. The average molecular weight is 225 g/mol. The van der Waals surface area contributed by atoms with Crippen LogP contribution in [0.15, 0.2) is 0 Å². The third-order valence-electron chi connectivity index (χ3n) is 4.82. The van der Waals surface area contributed by atoms with Gasteiger partial charge in [-0.2, -0.15) is 0 Å². The fraction of sp³-hybridized carbons (Fsp3) is 1.00. The minimum atomic E-state index is 0.426. The Labute approximate surface area is 102 Å². The van der Waals surface area contributed by atoms with E-state index in [4.69, 9.17) is 0 Å². The Morgan fingerprint density at radius 1 is 1.19 bits per heavy atom. The van der Waals surface area contributed by atoms with Crippen molar-refractivity contribution in [3.05, 3.63) is 0 Å². The first-order valence-corrected chi connectivity index (χ1v) is 7.20. The third-order valence-corrected chi connectivity index (χ3v) is 4.82. The first-order chi connectivity index (χ1) is 7.47. The second kappa shape index (κ2) is 6.05. The van der Waals surface area contributed by atoms with E-state index >= 15 is 0 Å². The molecule has 1 fully saturated rings. The lowest BCUT2D eigenvalue weighted by Gasteiger charge is -2.36. The van der Waals surface area contributed by atoms with E-state index in [9.17, 15) is 0 Å². The second-order valence-corrected chi connectivity index (χ2v) is 6.58. The van der Waals surface area contributed by atoms with Crippen LogP contribution in [0.2, 0.25) is 0 Å². The molecule has 0 radical (unpaired) electrons. The lowest BCUT2D eigenvalue weighted by Crippen LogP contribution is -2.44. The zero-order valence-electron chi connectivity index (χ0n) is 12.0. The predicted octanol–water partition coefficient (Wildman–Crippen LogP) is 4.23. The highest BCUT2D eigenvalue weighted by Gasteiger charge is 2.27. The van der Waals surface area contributed by atoms with Gasteiger partial charge in [0.2, 0.25) is 0 Å². The standard InChI is InChI=1S/C15H31N/c1-6-13-9-7-8-10-14(13)16-11-15(4,5)12(2)3/h12-14,16H,6-11H2,1-5H3. The predicted molar refractivity (Wildman–Crippen MR) is 72.7 cm³/mol. The SMILES string of the molecule is CCC1CCCCC1NCC(C)(C)C(C)C. The Morgan fingerprint density at radius 2 is 1.81 bits per heavy atom. The molecule has 0 saturated heterocycles. The van der Waals surface area contributed by atoms with Crippen LogP contribution in [-0.2, 0) is 0 Å². The Morgan fingerprint density at radius 3 is 2.38 bits per heavy atom. The zero-order chi connectivity index (χ0) is 12.2. The maximum atomic E-state index is 3.84. The summed E-state index contributed by atoms with van der Waals surface area (Å²) in [4.78, 5) is 0. The Kier molecular flexibility index (Phi) is 5.30. The molecule has 1 aliphatic carbocycles. The molecule has 0 aromatic rings. The largest absolute Gasteiger partial charge is 0.313 e. The fourth-order valence-corrected chi connectivity index (χ4v) is 2.56. The van der Waals surface area contributed by atoms with Crippen molar-refractivity contribution in [1.82, 2.24) is 5.32 Å². The van der Waals surface area contributed by atoms with Gasteiger partial charge in [0.1, 0.15) is 0 Å². The monoisotopic (exact) mass is 225 g/mol. The molecule has 1 saturated carbocycles. The molecule has 1 heteroatoms. The Hall–Kier alpha value is -0.0400.